The van der Waals surface area contributed by atoms with Gasteiger partial charge in [0.25, 0.3) is 11.4 Å². The van der Waals surface area contributed by atoms with Crippen molar-refractivity contribution in [1.82, 2.24) is 14.6 Å². The first-order valence-corrected chi connectivity index (χ1v) is 18.0. The molecule has 3 fully saturated rings. The molecule has 1 saturated carbocycles. The van der Waals surface area contributed by atoms with Gasteiger partial charge in [-0.05, 0) is 120 Å². The molecule has 2 saturated heterocycles. The van der Waals surface area contributed by atoms with Crippen LogP contribution in [-0.2, 0) is 20.2 Å². The first-order chi connectivity index (χ1) is 23.0. The van der Waals surface area contributed by atoms with Crippen molar-refractivity contribution in [3.05, 3.63) is 102 Å². The number of non-ortho nitro benzene ring substituents is 1. The fourth-order valence-corrected chi connectivity index (χ4v) is 8.42. The molecule has 6 rings (SSSR count). The van der Waals surface area contributed by atoms with E-state index in [-0.39, 0.29) is 24.9 Å². The molecule has 12 nitrogen and oxygen atoms in total. The Labute approximate surface area is 287 Å². The lowest BCUT2D eigenvalue weighted by Gasteiger charge is -2.47. The summed E-state index contributed by atoms with van der Waals surface area (Å²) in [5.74, 6) is 0.593. The van der Waals surface area contributed by atoms with Gasteiger partial charge in [0.15, 0.2) is 4.90 Å². The number of rotatable bonds is 11. The van der Waals surface area contributed by atoms with Crippen LogP contribution in [0, 0.1) is 46.9 Å². The number of aromatic nitrogens is 1. The average molecular weight is 690 g/mol. The van der Waals surface area contributed by atoms with Gasteiger partial charge in [0.05, 0.1) is 27.0 Å². The van der Waals surface area contributed by atoms with Gasteiger partial charge in [-0.1, -0.05) is 29.3 Å². The van der Waals surface area contributed by atoms with Crippen molar-refractivity contribution in [3.63, 3.8) is 0 Å². The molecule has 49 heavy (non-hydrogen) atoms. The summed E-state index contributed by atoms with van der Waals surface area (Å²) in [4.78, 5) is 41.3. The number of pyridine rings is 1. The fourth-order valence-electron chi connectivity index (χ4n) is 7.24. The second-order valence-corrected chi connectivity index (χ2v) is 15.7. The van der Waals surface area contributed by atoms with E-state index in [0.717, 1.165) is 83.3 Å². The zero-order valence-electron chi connectivity index (χ0n) is 28.8. The number of nitrogens with one attached hydrogen (secondary N) is 1. The van der Waals surface area contributed by atoms with E-state index < -0.39 is 41.6 Å². The van der Waals surface area contributed by atoms with Crippen LogP contribution in [-0.4, -0.2) is 53.2 Å². The minimum Gasteiger partial charge on any atom is -0.339 e. The van der Waals surface area contributed by atoms with Gasteiger partial charge in [-0.15, -0.1) is 0 Å². The van der Waals surface area contributed by atoms with E-state index in [9.17, 15) is 33.4 Å². The average Bonchev–Trinajstić information content (AvgIpc) is 3.06. The highest BCUT2D eigenvalue weighted by Gasteiger charge is 2.43. The smallest absolute Gasteiger partial charge is 0.296 e. The number of piperidine rings is 2. The minimum atomic E-state index is -4.43. The molecular weight excluding hydrogens is 646 g/mol. The highest BCUT2D eigenvalue weighted by atomic mass is 32.2. The lowest BCUT2D eigenvalue weighted by atomic mass is 9.77. The third-order valence-corrected chi connectivity index (χ3v) is 11.5. The van der Waals surface area contributed by atoms with Crippen molar-refractivity contribution in [2.24, 2.45) is 5.92 Å². The Bertz CT molecular complexity index is 1940. The zero-order chi connectivity index (χ0) is 35.8. The van der Waals surface area contributed by atoms with Crippen molar-refractivity contribution >= 4 is 38.5 Å². The molecule has 260 valence electrons. The van der Waals surface area contributed by atoms with Gasteiger partial charge in [-0.25, -0.2) is 13.1 Å². The Morgan fingerprint density at radius 2 is 1.63 bits per heavy atom. The van der Waals surface area contributed by atoms with Crippen LogP contribution in [0.4, 0.5) is 11.4 Å². The van der Waals surface area contributed by atoms with Gasteiger partial charge in [0.1, 0.15) is 0 Å². The van der Waals surface area contributed by atoms with Gasteiger partial charge in [-0.3, -0.25) is 30.0 Å². The number of nitrogens with zero attached hydrogens (tertiary/aromatic N) is 4. The molecule has 2 aromatic carbocycles. The number of amides is 1. The molecule has 1 amide bonds. The number of carbonyl (C=O) groups excluding carboxylic acids is 1. The summed E-state index contributed by atoms with van der Waals surface area (Å²) in [5, 5.41) is 22.9. The van der Waals surface area contributed by atoms with Gasteiger partial charge >= 0.3 is 0 Å². The first kappa shape index (κ1) is 35.8. The van der Waals surface area contributed by atoms with Crippen molar-refractivity contribution < 1.29 is 23.1 Å². The molecule has 2 aliphatic heterocycles. The van der Waals surface area contributed by atoms with Crippen LogP contribution in [0.2, 0.25) is 0 Å². The largest absolute Gasteiger partial charge is 0.339 e. The highest BCUT2D eigenvalue weighted by molar-refractivity contribution is 7.89. The molecule has 1 N–H and O–H groups in total. The molecule has 0 atom stereocenters. The number of hydrogen-bond donors (Lipinski definition) is 1. The number of allylic oxidation sites excluding steroid dienone is 1. The monoisotopic (exact) mass is 689 g/mol. The molecule has 0 radical (unpaired) electrons. The van der Waals surface area contributed by atoms with E-state index in [1.54, 1.807) is 6.20 Å². The zero-order valence-corrected chi connectivity index (χ0v) is 29.6. The van der Waals surface area contributed by atoms with E-state index in [4.69, 9.17) is 4.98 Å². The molecule has 3 aliphatic rings. The molecule has 3 heterocycles. The van der Waals surface area contributed by atoms with Gasteiger partial charge < -0.3 is 4.90 Å². The fraction of sp³-hybridized carbons (Fsp3) is 0.444. The van der Waals surface area contributed by atoms with Crippen molar-refractivity contribution in [3.8, 4) is 0 Å². The third kappa shape index (κ3) is 7.42. The van der Waals surface area contributed by atoms with Crippen LogP contribution in [0.15, 0.2) is 53.6 Å². The number of aryl methyl sites for hydroxylation is 3. The van der Waals surface area contributed by atoms with Gasteiger partial charge in [0.2, 0.25) is 15.9 Å². The molecule has 0 unspecified atom stereocenters. The Hall–Kier alpha value is -4.49. The Kier molecular flexibility index (Phi) is 10.1. The molecule has 2 bridgehead atoms. The van der Waals surface area contributed by atoms with Crippen molar-refractivity contribution in [2.45, 2.75) is 90.0 Å². The van der Waals surface area contributed by atoms with Crippen molar-refractivity contribution in [1.29, 1.82) is 0 Å². The molecule has 13 heteroatoms. The SMILES string of the molecule is C/C(=C(/CCNS(=O)(=O)c1ccc([N+](=O)[O-])cc1[N+](=O)[O-])c1cc(C(C)(C)C(=O)N2CC3CCC2CC3)ncc1C)c1cc(C)cc(C)c1. The standard InChI is InChI=1S/C36H43N5O7S/c1-22-15-23(2)17-27(16-22)25(4)30(13-14-38-49(47,48)33-12-11-29(40(43)44)18-32(33)41(45)46)31-19-34(37-20-24(31)3)36(5,6)35(42)39-21-26-7-9-28(39)10-8-26/h11-12,15-20,26,28,38H,7-10,13-14,21H2,1-6H3/b30-25+. The maximum absolute atomic E-state index is 14.1. The molecule has 3 aromatic rings. The van der Waals surface area contributed by atoms with Crippen LogP contribution in [0.1, 0.15) is 86.4 Å². The van der Waals surface area contributed by atoms with E-state index in [2.05, 4.69) is 22.9 Å². The second kappa shape index (κ2) is 13.8. The summed E-state index contributed by atoms with van der Waals surface area (Å²) in [5.41, 5.74) is 4.73. The van der Waals surface area contributed by atoms with Crippen LogP contribution < -0.4 is 4.72 Å². The number of nitro benzene ring substituents is 2. The Morgan fingerprint density at radius 3 is 2.20 bits per heavy atom. The quantitative estimate of drug-likeness (QED) is 0.170. The number of hydrogen-bond acceptors (Lipinski definition) is 8. The number of carbonyl (C=O) groups is 1. The highest BCUT2D eigenvalue weighted by Crippen LogP contribution is 2.39. The Morgan fingerprint density at radius 1 is 0.980 bits per heavy atom. The molecule has 1 aliphatic carbocycles. The predicted octanol–water partition coefficient (Wildman–Crippen LogP) is 6.80. The maximum atomic E-state index is 14.1. The Balaban J connectivity index is 1.51. The van der Waals surface area contributed by atoms with Gasteiger partial charge in [-0.2, -0.15) is 0 Å². The van der Waals surface area contributed by atoms with E-state index in [1.165, 1.54) is 0 Å². The third-order valence-electron chi connectivity index (χ3n) is 9.99. The summed E-state index contributed by atoms with van der Waals surface area (Å²) < 4.78 is 29.2. The topological polar surface area (TPSA) is 166 Å². The molecular formula is C36H43N5O7S. The first-order valence-electron chi connectivity index (χ1n) is 16.5. The summed E-state index contributed by atoms with van der Waals surface area (Å²) in [6.07, 6.45) is 6.33. The van der Waals surface area contributed by atoms with Crippen molar-refractivity contribution in [2.75, 3.05) is 13.1 Å². The molecule has 0 spiro atoms. The number of benzene rings is 2. The van der Waals surface area contributed by atoms with E-state index >= 15 is 0 Å². The van der Waals surface area contributed by atoms with Gasteiger partial charge in [0, 0.05) is 31.4 Å². The van der Waals surface area contributed by atoms with E-state index in [1.807, 2.05) is 52.5 Å². The maximum Gasteiger partial charge on any atom is 0.296 e. The minimum absolute atomic E-state index is 0.0539. The second-order valence-electron chi connectivity index (χ2n) is 13.9. The number of sulfonamides is 1. The number of nitro groups is 2. The lowest BCUT2D eigenvalue weighted by molar-refractivity contribution is -0.396. The number of fused-ring (bicyclic) bond motifs is 3. The molecule has 1 aromatic heterocycles. The normalized spacial score (nSPS) is 18.3. The van der Waals surface area contributed by atoms with Crippen LogP contribution in [0.25, 0.3) is 11.1 Å². The van der Waals surface area contributed by atoms with Crippen LogP contribution in [0.5, 0.6) is 0 Å². The summed E-state index contributed by atoms with van der Waals surface area (Å²) >= 11 is 0. The summed E-state index contributed by atoms with van der Waals surface area (Å²) in [7, 11) is -4.43. The predicted molar refractivity (Wildman–Crippen MR) is 187 cm³/mol. The lowest BCUT2D eigenvalue weighted by Crippen LogP contribution is -2.55. The van der Waals surface area contributed by atoms with E-state index in [0.29, 0.717) is 17.7 Å². The summed E-state index contributed by atoms with van der Waals surface area (Å²) in [6, 6.07) is 10.8. The summed E-state index contributed by atoms with van der Waals surface area (Å²) in [6.45, 7) is 12.4. The van der Waals surface area contributed by atoms with Crippen LogP contribution >= 0.6 is 0 Å². The van der Waals surface area contributed by atoms with Crippen LogP contribution in [0.3, 0.4) is 0 Å².